The summed E-state index contributed by atoms with van der Waals surface area (Å²) >= 11 is 0. The molecule has 1 amide bonds. The Morgan fingerprint density at radius 2 is 2.05 bits per heavy atom. The molecule has 1 aromatic heterocycles. The molecule has 1 N–H and O–H groups in total. The van der Waals surface area contributed by atoms with E-state index in [0.29, 0.717) is 13.1 Å². The summed E-state index contributed by atoms with van der Waals surface area (Å²) < 4.78 is 0. The van der Waals surface area contributed by atoms with E-state index in [0.717, 1.165) is 38.3 Å². The largest absolute Gasteiger partial charge is 0.338 e. The van der Waals surface area contributed by atoms with Crippen LogP contribution >= 0.6 is 0 Å². The van der Waals surface area contributed by atoms with E-state index >= 15 is 0 Å². The zero-order valence-electron chi connectivity index (χ0n) is 11.5. The highest BCUT2D eigenvalue weighted by atomic mass is 16.2. The SMILES string of the molecule is CCN(Cc1ccncc1)C(=O)CN1CCNCC1. The van der Waals surface area contributed by atoms with Crippen molar-refractivity contribution in [1.29, 1.82) is 0 Å². The van der Waals surface area contributed by atoms with E-state index < -0.39 is 0 Å². The van der Waals surface area contributed by atoms with Gasteiger partial charge in [-0.3, -0.25) is 14.7 Å². The number of likely N-dealkylation sites (N-methyl/N-ethyl adjacent to an activating group) is 1. The molecule has 1 aromatic rings. The Bertz CT molecular complexity index is 390. The van der Waals surface area contributed by atoms with E-state index in [1.54, 1.807) is 12.4 Å². The Balaban J connectivity index is 1.87. The minimum absolute atomic E-state index is 0.209. The second kappa shape index (κ2) is 7.21. The quantitative estimate of drug-likeness (QED) is 0.831. The number of carbonyl (C=O) groups excluding carboxylic acids is 1. The van der Waals surface area contributed by atoms with Gasteiger partial charge in [0.2, 0.25) is 5.91 Å². The Kier molecular flexibility index (Phi) is 5.30. The standard InChI is InChI=1S/C14H22N4O/c1-2-18(11-13-3-5-15-6-4-13)14(19)12-17-9-7-16-8-10-17/h3-6,16H,2,7-12H2,1H3. The van der Waals surface area contributed by atoms with Crippen molar-refractivity contribution >= 4 is 5.91 Å². The summed E-state index contributed by atoms with van der Waals surface area (Å²) in [5.41, 5.74) is 1.13. The molecule has 0 saturated carbocycles. The van der Waals surface area contributed by atoms with Crippen LogP contribution in [0, 0.1) is 0 Å². The van der Waals surface area contributed by atoms with E-state index in [9.17, 15) is 4.79 Å². The third kappa shape index (κ3) is 4.29. The molecular formula is C14H22N4O. The van der Waals surface area contributed by atoms with Gasteiger partial charge in [-0.1, -0.05) is 0 Å². The van der Waals surface area contributed by atoms with Gasteiger partial charge < -0.3 is 10.2 Å². The Hall–Kier alpha value is -1.46. The van der Waals surface area contributed by atoms with Gasteiger partial charge >= 0.3 is 0 Å². The fourth-order valence-electron chi connectivity index (χ4n) is 2.25. The molecule has 0 aromatic carbocycles. The molecule has 0 bridgehead atoms. The van der Waals surface area contributed by atoms with Crippen LogP contribution in [0.15, 0.2) is 24.5 Å². The maximum absolute atomic E-state index is 12.3. The number of nitrogens with one attached hydrogen (secondary N) is 1. The highest BCUT2D eigenvalue weighted by Crippen LogP contribution is 2.04. The normalized spacial score (nSPS) is 16.3. The molecular weight excluding hydrogens is 240 g/mol. The van der Waals surface area contributed by atoms with Crippen molar-refractivity contribution in [3.05, 3.63) is 30.1 Å². The predicted octanol–water partition coefficient (Wildman–Crippen LogP) is 0.335. The van der Waals surface area contributed by atoms with Crippen molar-refractivity contribution in [3.63, 3.8) is 0 Å². The molecule has 19 heavy (non-hydrogen) atoms. The number of hydrogen-bond donors (Lipinski definition) is 1. The van der Waals surface area contributed by atoms with E-state index in [1.807, 2.05) is 24.0 Å². The summed E-state index contributed by atoms with van der Waals surface area (Å²) in [5.74, 6) is 0.209. The molecule has 1 aliphatic rings. The molecule has 2 heterocycles. The molecule has 0 aliphatic carbocycles. The average Bonchev–Trinajstić information content (AvgIpc) is 2.47. The van der Waals surface area contributed by atoms with Crippen molar-refractivity contribution in [2.75, 3.05) is 39.3 Å². The van der Waals surface area contributed by atoms with Gasteiger partial charge in [-0.15, -0.1) is 0 Å². The smallest absolute Gasteiger partial charge is 0.237 e. The molecule has 1 saturated heterocycles. The zero-order chi connectivity index (χ0) is 13.5. The van der Waals surface area contributed by atoms with Crippen LogP contribution in [0.1, 0.15) is 12.5 Å². The Morgan fingerprint density at radius 3 is 2.68 bits per heavy atom. The minimum Gasteiger partial charge on any atom is -0.338 e. The summed E-state index contributed by atoms with van der Waals surface area (Å²) in [6, 6.07) is 3.92. The average molecular weight is 262 g/mol. The van der Waals surface area contributed by atoms with Crippen LogP contribution in [-0.4, -0.2) is 60.0 Å². The number of rotatable bonds is 5. The van der Waals surface area contributed by atoms with Gasteiger partial charge in [0.25, 0.3) is 0 Å². The Morgan fingerprint density at radius 1 is 1.37 bits per heavy atom. The molecule has 5 nitrogen and oxygen atoms in total. The number of hydrogen-bond acceptors (Lipinski definition) is 4. The van der Waals surface area contributed by atoms with Crippen LogP contribution in [0.5, 0.6) is 0 Å². The van der Waals surface area contributed by atoms with Crippen LogP contribution < -0.4 is 5.32 Å². The number of pyridine rings is 1. The van der Waals surface area contributed by atoms with Crippen LogP contribution in [0.25, 0.3) is 0 Å². The summed E-state index contributed by atoms with van der Waals surface area (Å²) in [6.07, 6.45) is 3.54. The lowest BCUT2D eigenvalue weighted by Crippen LogP contribution is -2.48. The van der Waals surface area contributed by atoms with Crippen LogP contribution in [-0.2, 0) is 11.3 Å². The lowest BCUT2D eigenvalue weighted by Gasteiger charge is -2.29. The summed E-state index contributed by atoms with van der Waals surface area (Å²) in [4.78, 5) is 20.4. The van der Waals surface area contributed by atoms with Crippen molar-refractivity contribution in [1.82, 2.24) is 20.1 Å². The minimum atomic E-state index is 0.209. The maximum Gasteiger partial charge on any atom is 0.237 e. The highest BCUT2D eigenvalue weighted by molar-refractivity contribution is 5.78. The van der Waals surface area contributed by atoms with Gasteiger partial charge in [-0.25, -0.2) is 0 Å². The van der Waals surface area contributed by atoms with Gasteiger partial charge in [-0.05, 0) is 24.6 Å². The van der Waals surface area contributed by atoms with Gasteiger partial charge in [0.15, 0.2) is 0 Å². The fraction of sp³-hybridized carbons (Fsp3) is 0.571. The van der Waals surface area contributed by atoms with Gasteiger partial charge in [0.05, 0.1) is 6.54 Å². The van der Waals surface area contributed by atoms with E-state index in [1.165, 1.54) is 0 Å². The first-order valence-electron chi connectivity index (χ1n) is 6.89. The van der Waals surface area contributed by atoms with Gasteiger partial charge in [0.1, 0.15) is 0 Å². The second-order valence-corrected chi connectivity index (χ2v) is 4.79. The van der Waals surface area contributed by atoms with E-state index in [2.05, 4.69) is 15.2 Å². The van der Waals surface area contributed by atoms with Crippen molar-refractivity contribution in [2.45, 2.75) is 13.5 Å². The predicted molar refractivity (Wildman–Crippen MR) is 74.6 cm³/mol. The topological polar surface area (TPSA) is 48.5 Å². The lowest BCUT2D eigenvalue weighted by atomic mass is 10.2. The molecule has 1 aliphatic heterocycles. The summed E-state index contributed by atoms with van der Waals surface area (Å²) in [5, 5.41) is 3.30. The van der Waals surface area contributed by atoms with Crippen LogP contribution in [0.2, 0.25) is 0 Å². The molecule has 0 radical (unpaired) electrons. The maximum atomic E-state index is 12.3. The third-order valence-corrected chi connectivity index (χ3v) is 3.43. The monoisotopic (exact) mass is 262 g/mol. The van der Waals surface area contributed by atoms with Crippen LogP contribution in [0.4, 0.5) is 0 Å². The summed E-state index contributed by atoms with van der Waals surface area (Å²) in [7, 11) is 0. The van der Waals surface area contributed by atoms with Crippen LogP contribution in [0.3, 0.4) is 0 Å². The molecule has 5 heteroatoms. The molecule has 104 valence electrons. The number of piperazine rings is 1. The third-order valence-electron chi connectivity index (χ3n) is 3.43. The second-order valence-electron chi connectivity index (χ2n) is 4.79. The number of nitrogens with zero attached hydrogens (tertiary/aromatic N) is 3. The van der Waals surface area contributed by atoms with E-state index in [-0.39, 0.29) is 5.91 Å². The zero-order valence-corrected chi connectivity index (χ0v) is 11.5. The first kappa shape index (κ1) is 14.0. The molecule has 0 spiro atoms. The number of aromatic nitrogens is 1. The Labute approximate surface area is 114 Å². The number of amides is 1. The van der Waals surface area contributed by atoms with Crippen molar-refractivity contribution in [3.8, 4) is 0 Å². The summed E-state index contributed by atoms with van der Waals surface area (Å²) in [6.45, 7) is 7.83. The molecule has 0 atom stereocenters. The lowest BCUT2D eigenvalue weighted by molar-refractivity contribution is -0.133. The fourth-order valence-corrected chi connectivity index (χ4v) is 2.25. The van der Waals surface area contributed by atoms with Gasteiger partial charge in [0, 0.05) is 51.7 Å². The first-order chi connectivity index (χ1) is 9.29. The van der Waals surface area contributed by atoms with Crippen molar-refractivity contribution in [2.24, 2.45) is 0 Å². The highest BCUT2D eigenvalue weighted by Gasteiger charge is 2.17. The molecule has 0 unspecified atom stereocenters. The van der Waals surface area contributed by atoms with Gasteiger partial charge in [-0.2, -0.15) is 0 Å². The first-order valence-corrected chi connectivity index (χ1v) is 6.89. The number of carbonyl (C=O) groups is 1. The molecule has 2 rings (SSSR count). The van der Waals surface area contributed by atoms with E-state index in [4.69, 9.17) is 0 Å². The van der Waals surface area contributed by atoms with Crippen molar-refractivity contribution < 1.29 is 4.79 Å². The molecule has 1 fully saturated rings.